The molecule has 0 radical (unpaired) electrons. The Labute approximate surface area is 194 Å². The summed E-state index contributed by atoms with van der Waals surface area (Å²) >= 11 is 1.80. The number of carbonyl (C=O) groups is 1. The highest BCUT2D eigenvalue weighted by molar-refractivity contribution is 7.99. The van der Waals surface area contributed by atoms with Gasteiger partial charge in [0.05, 0.1) is 17.5 Å². The maximum absolute atomic E-state index is 12.5. The lowest BCUT2D eigenvalue weighted by Gasteiger charge is -2.14. The highest BCUT2D eigenvalue weighted by Crippen LogP contribution is 2.29. The van der Waals surface area contributed by atoms with E-state index in [1.807, 2.05) is 36.4 Å². The van der Waals surface area contributed by atoms with E-state index in [9.17, 15) is 4.79 Å². The molecule has 1 N–H and O–H groups in total. The van der Waals surface area contributed by atoms with E-state index in [4.69, 9.17) is 4.98 Å². The first-order valence-electron chi connectivity index (χ1n) is 11.0. The standard InChI is InChI=1S/C27H29N3OS/c1-5-32-23-13-7-20(8-14-23)17-26(31)28-22-11-9-21(10-12-22)27-29-24-15-6-19(4)16-25(24)30(27)18(2)3/h6-16,18H,5,17H2,1-4H3,(H,28,31). The van der Waals surface area contributed by atoms with Crippen molar-refractivity contribution < 1.29 is 4.79 Å². The fourth-order valence-electron chi connectivity index (χ4n) is 3.89. The van der Waals surface area contributed by atoms with Crippen LogP contribution in [0.15, 0.2) is 71.6 Å². The third-order valence-electron chi connectivity index (χ3n) is 5.39. The number of imidazole rings is 1. The number of hydrogen-bond acceptors (Lipinski definition) is 3. The lowest BCUT2D eigenvalue weighted by atomic mass is 10.1. The van der Waals surface area contributed by atoms with Crippen LogP contribution in [0.3, 0.4) is 0 Å². The number of nitrogens with zero attached hydrogens (tertiary/aromatic N) is 2. The first kappa shape index (κ1) is 22.2. The summed E-state index contributed by atoms with van der Waals surface area (Å²) in [4.78, 5) is 18.6. The molecule has 0 aliphatic heterocycles. The van der Waals surface area contributed by atoms with E-state index in [1.54, 1.807) is 11.8 Å². The number of aryl methyl sites for hydroxylation is 1. The van der Waals surface area contributed by atoms with Crippen LogP contribution in [0.4, 0.5) is 5.69 Å². The summed E-state index contributed by atoms with van der Waals surface area (Å²) in [5.74, 6) is 1.98. The molecule has 0 unspecified atom stereocenters. The van der Waals surface area contributed by atoms with Crippen LogP contribution in [0.2, 0.25) is 0 Å². The first-order chi connectivity index (χ1) is 15.4. The van der Waals surface area contributed by atoms with Crippen LogP contribution in [0, 0.1) is 6.92 Å². The van der Waals surface area contributed by atoms with E-state index in [2.05, 4.69) is 67.9 Å². The van der Waals surface area contributed by atoms with Crippen LogP contribution in [0.5, 0.6) is 0 Å². The van der Waals surface area contributed by atoms with Crippen molar-refractivity contribution in [2.24, 2.45) is 0 Å². The Morgan fingerprint density at radius 1 is 1.03 bits per heavy atom. The second-order valence-corrected chi connectivity index (χ2v) is 9.61. The Bertz CT molecular complexity index is 1220. The summed E-state index contributed by atoms with van der Waals surface area (Å²) in [5.41, 5.74) is 6.22. The van der Waals surface area contributed by atoms with E-state index in [1.165, 1.54) is 10.5 Å². The quantitative estimate of drug-likeness (QED) is 0.317. The van der Waals surface area contributed by atoms with Crippen molar-refractivity contribution in [2.75, 3.05) is 11.1 Å². The number of anilines is 1. The maximum Gasteiger partial charge on any atom is 0.228 e. The minimum absolute atomic E-state index is 0.0152. The van der Waals surface area contributed by atoms with E-state index in [0.29, 0.717) is 12.5 Å². The maximum atomic E-state index is 12.5. The molecule has 1 amide bonds. The predicted octanol–water partition coefficient (Wildman–Crippen LogP) is 6.89. The number of nitrogens with one attached hydrogen (secondary N) is 1. The molecule has 0 fully saturated rings. The Morgan fingerprint density at radius 2 is 1.75 bits per heavy atom. The third-order valence-corrected chi connectivity index (χ3v) is 6.28. The van der Waals surface area contributed by atoms with E-state index in [-0.39, 0.29) is 5.91 Å². The van der Waals surface area contributed by atoms with Crippen molar-refractivity contribution in [1.82, 2.24) is 9.55 Å². The number of rotatable bonds is 7. The molecular formula is C27H29N3OS. The topological polar surface area (TPSA) is 46.9 Å². The van der Waals surface area contributed by atoms with Crippen molar-refractivity contribution in [2.45, 2.75) is 45.1 Å². The van der Waals surface area contributed by atoms with Gasteiger partial charge < -0.3 is 9.88 Å². The van der Waals surface area contributed by atoms with E-state index in [0.717, 1.165) is 39.4 Å². The lowest BCUT2D eigenvalue weighted by molar-refractivity contribution is -0.115. The summed E-state index contributed by atoms with van der Waals surface area (Å²) in [6.45, 7) is 8.59. The van der Waals surface area contributed by atoms with E-state index >= 15 is 0 Å². The number of carbonyl (C=O) groups excluding carboxylic acids is 1. The highest BCUT2D eigenvalue weighted by Gasteiger charge is 2.15. The Hall–Kier alpha value is -3.05. The molecule has 5 heteroatoms. The van der Waals surface area contributed by atoms with Crippen molar-refractivity contribution in [1.29, 1.82) is 0 Å². The zero-order valence-corrected chi connectivity index (χ0v) is 19.9. The van der Waals surface area contributed by atoms with Crippen molar-refractivity contribution in [3.63, 3.8) is 0 Å². The highest BCUT2D eigenvalue weighted by atomic mass is 32.2. The molecule has 1 heterocycles. The molecule has 0 bridgehead atoms. The zero-order chi connectivity index (χ0) is 22.7. The molecule has 0 atom stereocenters. The van der Waals surface area contributed by atoms with Gasteiger partial charge in [-0.05, 0) is 86.2 Å². The second kappa shape index (κ2) is 9.61. The molecule has 164 valence electrons. The SMILES string of the molecule is CCSc1ccc(CC(=O)Nc2ccc(-c3nc4ccc(C)cc4n3C(C)C)cc2)cc1. The molecule has 4 aromatic rings. The number of hydrogen-bond donors (Lipinski definition) is 1. The van der Waals surface area contributed by atoms with Gasteiger partial charge in [-0.15, -0.1) is 11.8 Å². The van der Waals surface area contributed by atoms with Crippen LogP contribution in [0.25, 0.3) is 22.4 Å². The summed E-state index contributed by atoms with van der Waals surface area (Å²) in [5, 5.41) is 3.01. The van der Waals surface area contributed by atoms with Gasteiger partial charge in [0.15, 0.2) is 0 Å². The zero-order valence-electron chi connectivity index (χ0n) is 19.1. The van der Waals surface area contributed by atoms with Gasteiger partial charge in [-0.25, -0.2) is 4.98 Å². The van der Waals surface area contributed by atoms with Gasteiger partial charge in [0, 0.05) is 22.2 Å². The van der Waals surface area contributed by atoms with Crippen molar-refractivity contribution in [3.05, 3.63) is 77.9 Å². The molecule has 0 spiro atoms. The van der Waals surface area contributed by atoms with Gasteiger partial charge >= 0.3 is 0 Å². The molecule has 0 aliphatic rings. The predicted molar refractivity (Wildman–Crippen MR) is 135 cm³/mol. The summed E-state index contributed by atoms with van der Waals surface area (Å²) in [7, 11) is 0. The summed E-state index contributed by atoms with van der Waals surface area (Å²) < 4.78 is 2.27. The molecule has 0 saturated carbocycles. The second-order valence-electron chi connectivity index (χ2n) is 8.27. The van der Waals surface area contributed by atoms with Gasteiger partial charge in [0.25, 0.3) is 0 Å². The largest absolute Gasteiger partial charge is 0.326 e. The number of fused-ring (bicyclic) bond motifs is 1. The van der Waals surface area contributed by atoms with Gasteiger partial charge in [0.1, 0.15) is 5.82 Å². The molecule has 1 aromatic heterocycles. The van der Waals surface area contributed by atoms with Crippen molar-refractivity contribution in [3.8, 4) is 11.4 Å². The minimum Gasteiger partial charge on any atom is -0.326 e. The van der Waals surface area contributed by atoms with Gasteiger partial charge in [-0.3, -0.25) is 4.79 Å². The van der Waals surface area contributed by atoms with Gasteiger partial charge in [-0.1, -0.05) is 25.1 Å². The van der Waals surface area contributed by atoms with Crippen LogP contribution >= 0.6 is 11.8 Å². The van der Waals surface area contributed by atoms with E-state index < -0.39 is 0 Å². The fourth-order valence-corrected chi connectivity index (χ4v) is 4.55. The lowest BCUT2D eigenvalue weighted by Crippen LogP contribution is -2.14. The first-order valence-corrected chi connectivity index (χ1v) is 12.0. The molecule has 0 aliphatic carbocycles. The van der Waals surface area contributed by atoms with Crippen LogP contribution in [-0.2, 0) is 11.2 Å². The number of aromatic nitrogens is 2. The average molecular weight is 444 g/mol. The minimum atomic E-state index is -0.0152. The van der Waals surface area contributed by atoms with Gasteiger partial charge in [0.2, 0.25) is 5.91 Å². The monoisotopic (exact) mass is 443 g/mol. The molecule has 32 heavy (non-hydrogen) atoms. The van der Waals surface area contributed by atoms with Crippen molar-refractivity contribution >= 4 is 34.4 Å². The Morgan fingerprint density at radius 3 is 2.41 bits per heavy atom. The summed E-state index contributed by atoms with van der Waals surface area (Å²) in [6, 6.07) is 22.8. The van der Waals surface area contributed by atoms with Crippen LogP contribution < -0.4 is 5.32 Å². The molecule has 4 rings (SSSR count). The Balaban J connectivity index is 1.50. The molecule has 0 saturated heterocycles. The Kier molecular flexibility index (Phi) is 6.66. The number of benzene rings is 3. The average Bonchev–Trinajstić information content (AvgIpc) is 3.14. The van der Waals surface area contributed by atoms with Crippen LogP contribution in [0.1, 0.15) is 37.9 Å². The van der Waals surface area contributed by atoms with Crippen LogP contribution in [-0.4, -0.2) is 21.2 Å². The number of amides is 1. The van der Waals surface area contributed by atoms with Gasteiger partial charge in [-0.2, -0.15) is 0 Å². The number of thioether (sulfide) groups is 1. The molecule has 3 aromatic carbocycles. The normalized spacial score (nSPS) is 11.3. The smallest absolute Gasteiger partial charge is 0.228 e. The molecular weight excluding hydrogens is 414 g/mol. The third kappa shape index (κ3) is 4.89. The fraction of sp³-hybridized carbons (Fsp3) is 0.259. The summed E-state index contributed by atoms with van der Waals surface area (Å²) in [6.07, 6.45) is 0.362. The molecule has 4 nitrogen and oxygen atoms in total.